The molecular formula is C19H30O3. The summed E-state index contributed by atoms with van der Waals surface area (Å²) in [4.78, 5) is 15.1. The van der Waals surface area contributed by atoms with E-state index in [2.05, 4.69) is 49.9 Å². The lowest BCUT2D eigenvalue weighted by Gasteiger charge is -2.35. The highest BCUT2D eigenvalue weighted by molar-refractivity contribution is 5.68. The first kappa shape index (κ1) is 18.7. The third-order valence-electron chi connectivity index (χ3n) is 4.74. The molecule has 0 aliphatic heterocycles. The van der Waals surface area contributed by atoms with Gasteiger partial charge in [-0.15, -0.1) is 0 Å². The molecule has 3 heteroatoms. The van der Waals surface area contributed by atoms with Crippen LogP contribution in [-0.2, 0) is 15.1 Å². The van der Waals surface area contributed by atoms with Gasteiger partial charge in [-0.25, -0.2) is 4.79 Å². The molecule has 0 aliphatic rings. The first-order chi connectivity index (χ1) is 10.5. The third-order valence-corrected chi connectivity index (χ3v) is 4.74. The lowest BCUT2D eigenvalue weighted by Crippen LogP contribution is -2.29. The van der Waals surface area contributed by atoms with Crippen molar-refractivity contribution >= 4 is 5.97 Å². The molecule has 124 valence electrons. The van der Waals surface area contributed by atoms with Crippen LogP contribution in [0.4, 0.5) is 0 Å². The molecule has 1 rings (SSSR count). The first-order valence-electron chi connectivity index (χ1n) is 8.42. The van der Waals surface area contributed by atoms with Gasteiger partial charge in [0.2, 0.25) is 0 Å². The molecule has 22 heavy (non-hydrogen) atoms. The highest BCUT2D eigenvalue weighted by Crippen LogP contribution is 2.37. The number of benzene rings is 1. The van der Waals surface area contributed by atoms with Crippen molar-refractivity contribution in [1.82, 2.24) is 0 Å². The molecule has 0 saturated carbocycles. The topological polar surface area (TPSA) is 46.5 Å². The molecule has 0 heterocycles. The summed E-state index contributed by atoms with van der Waals surface area (Å²) in [6, 6.07) is 10.5. The van der Waals surface area contributed by atoms with Crippen molar-refractivity contribution in [2.75, 3.05) is 0 Å². The summed E-state index contributed by atoms with van der Waals surface area (Å²) in [6.07, 6.45) is 7.02. The van der Waals surface area contributed by atoms with Gasteiger partial charge in [-0.05, 0) is 29.7 Å². The number of rotatable bonds is 10. The molecule has 1 aromatic carbocycles. The van der Waals surface area contributed by atoms with E-state index in [-0.39, 0.29) is 11.8 Å². The molecule has 0 aromatic heterocycles. The van der Waals surface area contributed by atoms with Gasteiger partial charge in [0.05, 0.1) is 0 Å². The molecule has 1 N–H and O–H groups in total. The molecule has 0 radical (unpaired) electrons. The predicted molar refractivity (Wildman–Crippen MR) is 89.7 cm³/mol. The minimum atomic E-state index is -0.539. The Morgan fingerprint density at radius 3 is 2.41 bits per heavy atom. The van der Waals surface area contributed by atoms with Crippen LogP contribution < -0.4 is 0 Å². The van der Waals surface area contributed by atoms with Crippen molar-refractivity contribution in [3.8, 4) is 0 Å². The maximum atomic E-state index is 11.3. The average molecular weight is 306 g/mol. The van der Waals surface area contributed by atoms with Crippen LogP contribution in [0.2, 0.25) is 0 Å². The highest BCUT2D eigenvalue weighted by Gasteiger charge is 2.31. The Bertz CT molecular complexity index is 426. The van der Waals surface area contributed by atoms with Crippen molar-refractivity contribution in [1.29, 1.82) is 0 Å². The van der Waals surface area contributed by atoms with E-state index in [1.165, 1.54) is 31.2 Å². The van der Waals surface area contributed by atoms with Gasteiger partial charge >= 0.3 is 5.97 Å². The molecule has 3 nitrogen and oxygen atoms in total. The van der Waals surface area contributed by atoms with E-state index >= 15 is 0 Å². The SMILES string of the molecule is CCCCCCC(CCC(=O)OO)C(C)(C)c1ccccc1. The molecule has 0 fully saturated rings. The summed E-state index contributed by atoms with van der Waals surface area (Å²) in [5, 5.41) is 8.46. The number of carbonyl (C=O) groups excluding carboxylic acids is 1. The normalized spacial score (nSPS) is 12.9. The largest absolute Gasteiger partial charge is 0.342 e. The summed E-state index contributed by atoms with van der Waals surface area (Å²) in [5.41, 5.74) is 1.30. The fraction of sp³-hybridized carbons (Fsp3) is 0.632. The van der Waals surface area contributed by atoms with Crippen LogP contribution in [0.15, 0.2) is 30.3 Å². The van der Waals surface area contributed by atoms with Gasteiger partial charge in [0.1, 0.15) is 0 Å². The monoisotopic (exact) mass is 306 g/mol. The Hall–Kier alpha value is -1.35. The number of hydrogen-bond donors (Lipinski definition) is 1. The molecular weight excluding hydrogens is 276 g/mol. The van der Waals surface area contributed by atoms with E-state index in [1.807, 2.05) is 6.07 Å². The van der Waals surface area contributed by atoms with Crippen LogP contribution in [0, 0.1) is 5.92 Å². The standard InChI is InChI=1S/C19H30O3/c1-4-5-6-8-13-17(14-15-18(20)22-21)19(2,3)16-11-9-7-10-12-16/h7,9-12,17,21H,4-6,8,13-15H2,1-3H3. The number of carbonyl (C=O) groups is 1. The number of hydrogen-bond acceptors (Lipinski definition) is 3. The predicted octanol–water partition coefficient (Wildman–Crippen LogP) is 5.35. The molecule has 1 unspecified atom stereocenters. The molecule has 0 spiro atoms. The molecule has 0 saturated heterocycles. The quantitative estimate of drug-likeness (QED) is 0.360. The van der Waals surface area contributed by atoms with Crippen molar-refractivity contribution in [2.24, 2.45) is 5.92 Å². The van der Waals surface area contributed by atoms with E-state index in [1.54, 1.807) is 0 Å². The molecule has 0 aliphatic carbocycles. The number of unbranched alkanes of at least 4 members (excludes halogenated alkanes) is 3. The molecule has 0 amide bonds. The Kier molecular flexibility index (Phi) is 8.18. The van der Waals surface area contributed by atoms with Crippen LogP contribution in [0.1, 0.15) is 71.3 Å². The van der Waals surface area contributed by atoms with Gasteiger partial charge < -0.3 is 4.89 Å². The van der Waals surface area contributed by atoms with E-state index < -0.39 is 5.97 Å². The molecule has 1 aromatic rings. The smallest absolute Gasteiger partial charge is 0.301 e. The van der Waals surface area contributed by atoms with Crippen LogP contribution in [0.3, 0.4) is 0 Å². The second kappa shape index (κ2) is 9.62. The lowest BCUT2D eigenvalue weighted by molar-refractivity contribution is -0.234. The Labute approximate surface area is 134 Å². The fourth-order valence-corrected chi connectivity index (χ4v) is 3.12. The Balaban J connectivity index is 2.75. The van der Waals surface area contributed by atoms with Crippen molar-refractivity contribution in [2.45, 2.75) is 71.1 Å². The lowest BCUT2D eigenvalue weighted by atomic mass is 9.69. The zero-order valence-corrected chi connectivity index (χ0v) is 14.2. The van der Waals surface area contributed by atoms with E-state index in [0.717, 1.165) is 12.8 Å². The second-order valence-electron chi connectivity index (χ2n) is 6.64. The van der Waals surface area contributed by atoms with Gasteiger partial charge in [-0.1, -0.05) is 76.8 Å². The van der Waals surface area contributed by atoms with Crippen molar-refractivity contribution in [3.05, 3.63) is 35.9 Å². The minimum absolute atomic E-state index is 0.00318. The van der Waals surface area contributed by atoms with Gasteiger partial charge in [-0.3, -0.25) is 0 Å². The van der Waals surface area contributed by atoms with Crippen LogP contribution in [-0.4, -0.2) is 11.2 Å². The summed E-state index contributed by atoms with van der Waals surface area (Å²) in [5.74, 6) is -0.145. The molecule has 1 atom stereocenters. The summed E-state index contributed by atoms with van der Waals surface area (Å²) >= 11 is 0. The average Bonchev–Trinajstić information content (AvgIpc) is 2.54. The maximum Gasteiger partial charge on any atom is 0.342 e. The van der Waals surface area contributed by atoms with E-state index in [9.17, 15) is 4.79 Å². The van der Waals surface area contributed by atoms with Gasteiger partial charge in [0.25, 0.3) is 0 Å². The third kappa shape index (κ3) is 5.80. The summed E-state index contributed by atoms with van der Waals surface area (Å²) in [6.45, 7) is 6.71. The highest BCUT2D eigenvalue weighted by atomic mass is 17.1. The second-order valence-corrected chi connectivity index (χ2v) is 6.64. The summed E-state index contributed by atoms with van der Waals surface area (Å²) in [7, 11) is 0. The molecule has 0 bridgehead atoms. The first-order valence-corrected chi connectivity index (χ1v) is 8.42. The van der Waals surface area contributed by atoms with Crippen molar-refractivity contribution < 1.29 is 14.9 Å². The van der Waals surface area contributed by atoms with Crippen LogP contribution in [0.5, 0.6) is 0 Å². The zero-order valence-electron chi connectivity index (χ0n) is 14.2. The summed E-state index contributed by atoms with van der Waals surface area (Å²) < 4.78 is 0. The Morgan fingerprint density at radius 2 is 1.82 bits per heavy atom. The maximum absolute atomic E-state index is 11.3. The van der Waals surface area contributed by atoms with Gasteiger partial charge in [0.15, 0.2) is 0 Å². The fourth-order valence-electron chi connectivity index (χ4n) is 3.12. The zero-order chi connectivity index (χ0) is 16.4. The van der Waals surface area contributed by atoms with Crippen LogP contribution >= 0.6 is 0 Å². The van der Waals surface area contributed by atoms with Crippen LogP contribution in [0.25, 0.3) is 0 Å². The van der Waals surface area contributed by atoms with E-state index in [0.29, 0.717) is 5.92 Å². The minimum Gasteiger partial charge on any atom is -0.301 e. The Morgan fingerprint density at radius 1 is 1.14 bits per heavy atom. The van der Waals surface area contributed by atoms with E-state index in [4.69, 9.17) is 5.26 Å². The van der Waals surface area contributed by atoms with Gasteiger partial charge in [-0.2, -0.15) is 5.26 Å². The van der Waals surface area contributed by atoms with Crippen molar-refractivity contribution in [3.63, 3.8) is 0 Å². The van der Waals surface area contributed by atoms with Gasteiger partial charge in [0, 0.05) is 6.42 Å².